The van der Waals surface area contributed by atoms with Gasteiger partial charge in [-0.15, -0.1) is 0 Å². The van der Waals surface area contributed by atoms with Crippen LogP contribution in [0.1, 0.15) is 63.7 Å². The van der Waals surface area contributed by atoms with Crippen molar-refractivity contribution in [2.24, 2.45) is 0 Å². The van der Waals surface area contributed by atoms with Gasteiger partial charge in [0.15, 0.2) is 0 Å². The van der Waals surface area contributed by atoms with Crippen LogP contribution >= 0.6 is 0 Å². The third kappa shape index (κ3) is 6.77. The first-order chi connectivity index (χ1) is 16.0. The van der Waals surface area contributed by atoms with Gasteiger partial charge in [0.1, 0.15) is 0 Å². The van der Waals surface area contributed by atoms with E-state index in [0.29, 0.717) is 37.8 Å². The van der Waals surface area contributed by atoms with Gasteiger partial charge in [-0.05, 0) is 43.9 Å². The molecule has 0 bridgehead atoms. The van der Waals surface area contributed by atoms with E-state index in [4.69, 9.17) is 0 Å². The summed E-state index contributed by atoms with van der Waals surface area (Å²) >= 11 is 0. The van der Waals surface area contributed by atoms with Gasteiger partial charge in [-0.1, -0.05) is 27.7 Å². The van der Waals surface area contributed by atoms with E-state index in [-0.39, 0.29) is 26.2 Å². The Hall–Kier alpha value is -1.64. The number of carbonyl (C=O) groups is 1. The number of alkyl halides is 5. The Balaban J connectivity index is 3.93. The van der Waals surface area contributed by atoms with Gasteiger partial charge in [0.25, 0.3) is 0 Å². The summed E-state index contributed by atoms with van der Waals surface area (Å²) < 4.78 is 122. The minimum Gasteiger partial charge on any atom is -0.287 e. The van der Waals surface area contributed by atoms with Gasteiger partial charge in [-0.25, -0.2) is 16.8 Å². The number of hydrogen-bond acceptors (Lipinski definition) is 5. The van der Waals surface area contributed by atoms with E-state index in [1.54, 1.807) is 27.7 Å². The molecule has 0 radical (unpaired) electrons. The monoisotopic (exact) mass is 550 g/mol. The predicted octanol–water partition coefficient (Wildman–Crippen LogP) is 4.69. The number of hydrogen-bond donors (Lipinski definition) is 0. The molecule has 0 heterocycles. The minimum absolute atomic E-state index is 0.0268. The van der Waals surface area contributed by atoms with Crippen LogP contribution in [0.5, 0.6) is 0 Å². The summed E-state index contributed by atoms with van der Waals surface area (Å²) in [6.07, 6.45) is -4.95. The molecule has 0 amide bonds. The van der Waals surface area contributed by atoms with Crippen LogP contribution in [0.15, 0.2) is 28.0 Å². The molecule has 202 valence electrons. The van der Waals surface area contributed by atoms with Crippen LogP contribution in [-0.4, -0.2) is 69.5 Å². The molecule has 0 aliphatic carbocycles. The van der Waals surface area contributed by atoms with Gasteiger partial charge in [0, 0.05) is 31.7 Å². The van der Waals surface area contributed by atoms with E-state index in [9.17, 15) is 43.6 Å². The first-order valence-corrected chi connectivity index (χ1v) is 14.1. The zero-order valence-electron chi connectivity index (χ0n) is 20.0. The molecular formula is C21H31F5N2O5S2. The molecule has 0 fully saturated rings. The molecule has 0 N–H and O–H groups in total. The highest BCUT2D eigenvalue weighted by Crippen LogP contribution is 2.40. The fourth-order valence-electron chi connectivity index (χ4n) is 3.36. The average Bonchev–Trinajstić information content (AvgIpc) is 2.77. The van der Waals surface area contributed by atoms with Gasteiger partial charge < -0.3 is 0 Å². The van der Waals surface area contributed by atoms with Crippen molar-refractivity contribution in [1.29, 1.82) is 0 Å². The number of halogens is 5. The van der Waals surface area contributed by atoms with Crippen LogP contribution in [-0.2, 0) is 20.0 Å². The van der Waals surface area contributed by atoms with E-state index in [2.05, 4.69) is 0 Å². The number of carbonyl (C=O) groups excluding carboxylic acids is 1. The van der Waals surface area contributed by atoms with Gasteiger partial charge in [-0.3, -0.25) is 4.79 Å². The lowest BCUT2D eigenvalue weighted by Crippen LogP contribution is -2.45. The number of benzene rings is 1. The Bertz CT molecular complexity index is 1080. The van der Waals surface area contributed by atoms with Crippen molar-refractivity contribution in [3.05, 3.63) is 23.8 Å². The number of rotatable bonds is 14. The summed E-state index contributed by atoms with van der Waals surface area (Å²) in [6.45, 7) is 6.52. The van der Waals surface area contributed by atoms with E-state index >= 15 is 0 Å². The SMILES string of the molecule is CCCN(CCC)S(=O)(=O)c1ccc(S(=O)(=O)N(CCC)CCC)c(C(=O)C(F)(F)C(F)(F)F)c1. The summed E-state index contributed by atoms with van der Waals surface area (Å²) in [4.78, 5) is 10.6. The molecule has 0 unspecified atom stereocenters. The van der Waals surface area contributed by atoms with Crippen LogP contribution in [0.3, 0.4) is 0 Å². The fourth-order valence-corrected chi connectivity index (χ4v) is 6.80. The normalized spacial score (nSPS) is 13.6. The summed E-state index contributed by atoms with van der Waals surface area (Å²) in [6, 6.07) is 1.72. The second-order valence-electron chi connectivity index (χ2n) is 7.87. The molecule has 0 aliphatic heterocycles. The molecule has 1 rings (SSSR count). The van der Waals surface area contributed by atoms with E-state index in [1.165, 1.54) is 0 Å². The van der Waals surface area contributed by atoms with Crippen LogP contribution < -0.4 is 0 Å². The molecule has 1 aromatic rings. The molecule has 7 nitrogen and oxygen atoms in total. The smallest absolute Gasteiger partial charge is 0.287 e. The minimum atomic E-state index is -6.32. The maximum atomic E-state index is 14.1. The maximum Gasteiger partial charge on any atom is 0.461 e. The van der Waals surface area contributed by atoms with Gasteiger partial charge in [0.05, 0.1) is 9.79 Å². The Morgan fingerprint density at radius 2 is 1.14 bits per heavy atom. The highest BCUT2D eigenvalue weighted by Gasteiger charge is 2.63. The second-order valence-corrected chi connectivity index (χ2v) is 11.7. The van der Waals surface area contributed by atoms with Crippen LogP contribution in [0.25, 0.3) is 0 Å². The predicted molar refractivity (Wildman–Crippen MR) is 120 cm³/mol. The van der Waals surface area contributed by atoms with Crippen LogP contribution in [0.4, 0.5) is 22.0 Å². The highest BCUT2D eigenvalue weighted by atomic mass is 32.2. The van der Waals surface area contributed by atoms with Crippen molar-refractivity contribution in [3.8, 4) is 0 Å². The lowest BCUT2D eigenvalue weighted by atomic mass is 10.1. The van der Waals surface area contributed by atoms with Crippen molar-refractivity contribution in [2.45, 2.75) is 75.3 Å². The molecule has 35 heavy (non-hydrogen) atoms. The first-order valence-electron chi connectivity index (χ1n) is 11.2. The lowest BCUT2D eigenvalue weighted by Gasteiger charge is -2.25. The van der Waals surface area contributed by atoms with Crippen molar-refractivity contribution < 1.29 is 43.6 Å². The maximum absolute atomic E-state index is 14.1. The highest BCUT2D eigenvalue weighted by molar-refractivity contribution is 7.89. The third-order valence-corrected chi connectivity index (χ3v) is 8.84. The Kier molecular flexibility index (Phi) is 10.8. The average molecular weight is 551 g/mol. The topological polar surface area (TPSA) is 91.8 Å². The fraction of sp³-hybridized carbons (Fsp3) is 0.667. The molecule has 0 atom stereocenters. The zero-order chi connectivity index (χ0) is 27.2. The van der Waals surface area contributed by atoms with E-state index < -0.39 is 53.3 Å². The van der Waals surface area contributed by atoms with Crippen molar-refractivity contribution in [1.82, 2.24) is 8.61 Å². The molecule has 0 saturated heterocycles. The first kappa shape index (κ1) is 31.4. The van der Waals surface area contributed by atoms with Crippen molar-refractivity contribution in [3.63, 3.8) is 0 Å². The van der Waals surface area contributed by atoms with Crippen LogP contribution in [0.2, 0.25) is 0 Å². The van der Waals surface area contributed by atoms with Crippen LogP contribution in [0, 0.1) is 0 Å². The third-order valence-electron chi connectivity index (χ3n) is 4.98. The summed E-state index contributed by atoms with van der Waals surface area (Å²) in [5, 5.41) is 0. The molecule has 0 saturated carbocycles. The quantitative estimate of drug-likeness (QED) is 0.248. The molecule has 1 aromatic carbocycles. The Labute approximate surface area is 203 Å². The molecule has 0 aliphatic rings. The Morgan fingerprint density at radius 3 is 1.51 bits per heavy atom. The molecule has 0 spiro atoms. The van der Waals surface area contributed by atoms with Gasteiger partial charge >= 0.3 is 12.1 Å². The number of sulfonamides is 2. The summed E-state index contributed by atoms with van der Waals surface area (Å²) in [5.74, 6) is -8.78. The van der Waals surface area contributed by atoms with Crippen molar-refractivity contribution in [2.75, 3.05) is 26.2 Å². The largest absolute Gasteiger partial charge is 0.461 e. The molecule has 0 aromatic heterocycles. The number of nitrogens with zero attached hydrogens (tertiary/aromatic N) is 2. The van der Waals surface area contributed by atoms with Crippen molar-refractivity contribution >= 4 is 25.8 Å². The zero-order valence-corrected chi connectivity index (χ0v) is 21.7. The number of Topliss-reactive ketones (excluding diaryl/α,β-unsaturated/α-hetero) is 1. The molecular weight excluding hydrogens is 519 g/mol. The lowest BCUT2D eigenvalue weighted by molar-refractivity contribution is -0.255. The van der Waals surface area contributed by atoms with Gasteiger partial charge in [-0.2, -0.15) is 30.6 Å². The van der Waals surface area contributed by atoms with Gasteiger partial charge in [0.2, 0.25) is 25.8 Å². The van der Waals surface area contributed by atoms with E-state index in [1.807, 2.05) is 0 Å². The standard InChI is InChI=1S/C21H31F5N2O5S2/c1-5-11-27(12-6-2)34(30,31)16-9-10-18(35(32,33)28(13-7-3)14-8-4)17(15-16)19(29)20(22,23)21(24,25)26/h9-10,15H,5-8,11-14H2,1-4H3. The molecule has 14 heteroatoms. The Morgan fingerprint density at radius 1 is 0.743 bits per heavy atom. The number of ketones is 1. The summed E-state index contributed by atoms with van der Waals surface area (Å²) in [5.41, 5.74) is -1.53. The second kappa shape index (κ2) is 12.1. The summed E-state index contributed by atoms with van der Waals surface area (Å²) in [7, 11) is -9.13. The van der Waals surface area contributed by atoms with E-state index in [0.717, 1.165) is 14.7 Å².